The van der Waals surface area contributed by atoms with Crippen molar-refractivity contribution in [3.63, 3.8) is 0 Å². The monoisotopic (exact) mass is 330 g/mol. The maximum atomic E-state index is 12.9. The molecule has 0 saturated carbocycles. The standard InChI is InChI=1S/C19H26N2O3/c1-12(2)10-20(11-13(3)4)17(22)14(5)21-18(23)15-8-6-7-9-16(15)19(21)24/h6-9,12-14H,10-11H2,1-5H3/t14-/m0/s1. The predicted molar refractivity (Wildman–Crippen MR) is 92.7 cm³/mol. The van der Waals surface area contributed by atoms with E-state index in [1.165, 1.54) is 0 Å². The third-order valence-electron chi connectivity index (χ3n) is 4.05. The minimum atomic E-state index is -0.796. The van der Waals surface area contributed by atoms with E-state index in [1.54, 1.807) is 36.1 Å². The van der Waals surface area contributed by atoms with Crippen molar-refractivity contribution in [3.05, 3.63) is 35.4 Å². The van der Waals surface area contributed by atoms with E-state index in [1.807, 2.05) is 27.7 Å². The highest BCUT2D eigenvalue weighted by atomic mass is 16.2. The predicted octanol–water partition coefficient (Wildman–Crippen LogP) is 2.81. The van der Waals surface area contributed by atoms with E-state index in [9.17, 15) is 14.4 Å². The zero-order chi connectivity index (χ0) is 18.0. The maximum Gasteiger partial charge on any atom is 0.262 e. The first kappa shape index (κ1) is 18.2. The minimum Gasteiger partial charge on any atom is -0.340 e. The lowest BCUT2D eigenvalue weighted by Gasteiger charge is -2.31. The Morgan fingerprint density at radius 2 is 1.33 bits per heavy atom. The molecule has 1 aliphatic heterocycles. The van der Waals surface area contributed by atoms with Crippen molar-refractivity contribution in [3.8, 4) is 0 Å². The summed E-state index contributed by atoms with van der Waals surface area (Å²) in [5.41, 5.74) is 0.753. The number of nitrogens with zero attached hydrogens (tertiary/aromatic N) is 2. The number of carbonyl (C=O) groups is 3. The minimum absolute atomic E-state index is 0.174. The Hall–Kier alpha value is -2.17. The summed E-state index contributed by atoms with van der Waals surface area (Å²) in [5, 5.41) is 0. The Morgan fingerprint density at radius 1 is 0.917 bits per heavy atom. The summed E-state index contributed by atoms with van der Waals surface area (Å²) < 4.78 is 0. The molecule has 1 heterocycles. The van der Waals surface area contributed by atoms with Crippen LogP contribution in [0.3, 0.4) is 0 Å². The van der Waals surface area contributed by atoms with Crippen LogP contribution in [0.25, 0.3) is 0 Å². The van der Waals surface area contributed by atoms with Crippen LogP contribution >= 0.6 is 0 Å². The maximum absolute atomic E-state index is 12.9. The Labute approximate surface area is 143 Å². The van der Waals surface area contributed by atoms with Gasteiger partial charge in [0.1, 0.15) is 6.04 Å². The number of benzene rings is 1. The SMILES string of the molecule is CC(C)CN(CC(C)C)C(=O)[C@H](C)N1C(=O)c2ccccc2C1=O. The number of imide groups is 1. The first-order chi connectivity index (χ1) is 11.2. The largest absolute Gasteiger partial charge is 0.340 e. The molecule has 1 atom stereocenters. The van der Waals surface area contributed by atoms with Gasteiger partial charge in [-0.05, 0) is 30.9 Å². The fourth-order valence-corrected chi connectivity index (χ4v) is 3.07. The van der Waals surface area contributed by atoms with Gasteiger partial charge in [0.15, 0.2) is 0 Å². The van der Waals surface area contributed by atoms with Crippen LogP contribution in [0.4, 0.5) is 0 Å². The van der Waals surface area contributed by atoms with Gasteiger partial charge in [-0.2, -0.15) is 0 Å². The summed E-state index contributed by atoms with van der Waals surface area (Å²) >= 11 is 0. The Morgan fingerprint density at radius 3 is 1.71 bits per heavy atom. The van der Waals surface area contributed by atoms with Gasteiger partial charge in [-0.25, -0.2) is 0 Å². The molecule has 24 heavy (non-hydrogen) atoms. The van der Waals surface area contributed by atoms with Crippen molar-refractivity contribution in [2.24, 2.45) is 11.8 Å². The van der Waals surface area contributed by atoms with Gasteiger partial charge in [-0.3, -0.25) is 19.3 Å². The number of fused-ring (bicyclic) bond motifs is 1. The van der Waals surface area contributed by atoms with Crippen molar-refractivity contribution in [1.82, 2.24) is 9.80 Å². The van der Waals surface area contributed by atoms with E-state index < -0.39 is 6.04 Å². The molecule has 0 radical (unpaired) electrons. The molecule has 1 aromatic rings. The molecule has 0 aromatic heterocycles. The van der Waals surface area contributed by atoms with Crippen LogP contribution in [0.5, 0.6) is 0 Å². The zero-order valence-electron chi connectivity index (χ0n) is 15.1. The van der Waals surface area contributed by atoms with Crippen LogP contribution in [0.15, 0.2) is 24.3 Å². The van der Waals surface area contributed by atoms with E-state index in [0.717, 1.165) is 4.90 Å². The first-order valence-electron chi connectivity index (χ1n) is 8.49. The van der Waals surface area contributed by atoms with Crippen LogP contribution in [-0.4, -0.2) is 46.7 Å². The summed E-state index contributed by atoms with van der Waals surface area (Å²) in [4.78, 5) is 40.9. The number of hydrogen-bond donors (Lipinski definition) is 0. The van der Waals surface area contributed by atoms with Gasteiger partial charge in [0.2, 0.25) is 5.91 Å². The molecule has 0 N–H and O–H groups in total. The van der Waals surface area contributed by atoms with Gasteiger partial charge in [-0.15, -0.1) is 0 Å². The average Bonchev–Trinajstić information content (AvgIpc) is 2.76. The second-order valence-corrected chi connectivity index (χ2v) is 7.23. The molecule has 5 nitrogen and oxygen atoms in total. The molecule has 0 aliphatic carbocycles. The van der Waals surface area contributed by atoms with Crippen molar-refractivity contribution in [2.45, 2.75) is 40.7 Å². The highest BCUT2D eigenvalue weighted by molar-refractivity contribution is 6.22. The molecule has 1 aromatic carbocycles. The van der Waals surface area contributed by atoms with Crippen LogP contribution in [-0.2, 0) is 4.79 Å². The molecule has 0 bridgehead atoms. The molecule has 5 heteroatoms. The summed E-state index contributed by atoms with van der Waals surface area (Å²) in [7, 11) is 0. The van der Waals surface area contributed by atoms with Gasteiger partial charge in [-0.1, -0.05) is 39.8 Å². The lowest BCUT2D eigenvalue weighted by Crippen LogP contribution is -2.51. The normalized spacial score (nSPS) is 15.2. The Bertz CT molecular complexity index is 607. The number of hydrogen-bond acceptors (Lipinski definition) is 3. The highest BCUT2D eigenvalue weighted by Crippen LogP contribution is 2.25. The third kappa shape index (κ3) is 3.50. The van der Waals surface area contributed by atoms with Crippen molar-refractivity contribution < 1.29 is 14.4 Å². The fraction of sp³-hybridized carbons (Fsp3) is 0.526. The Balaban J connectivity index is 2.24. The van der Waals surface area contributed by atoms with Crippen LogP contribution in [0, 0.1) is 11.8 Å². The van der Waals surface area contributed by atoms with Gasteiger partial charge in [0.25, 0.3) is 11.8 Å². The molecule has 0 unspecified atom stereocenters. The summed E-state index contributed by atoms with van der Waals surface area (Å²) in [6.07, 6.45) is 0. The van der Waals surface area contributed by atoms with Crippen molar-refractivity contribution in [2.75, 3.05) is 13.1 Å². The zero-order valence-corrected chi connectivity index (χ0v) is 15.1. The topological polar surface area (TPSA) is 57.7 Å². The van der Waals surface area contributed by atoms with E-state index in [0.29, 0.717) is 36.1 Å². The lowest BCUT2D eigenvalue weighted by molar-refractivity contribution is -0.136. The summed E-state index contributed by atoms with van der Waals surface area (Å²) in [6, 6.07) is 5.92. The molecular weight excluding hydrogens is 304 g/mol. The molecule has 0 saturated heterocycles. The van der Waals surface area contributed by atoms with Crippen molar-refractivity contribution in [1.29, 1.82) is 0 Å². The van der Waals surface area contributed by atoms with Crippen molar-refractivity contribution >= 4 is 17.7 Å². The highest BCUT2D eigenvalue weighted by Gasteiger charge is 2.41. The van der Waals surface area contributed by atoms with E-state index in [2.05, 4.69) is 0 Å². The average molecular weight is 330 g/mol. The smallest absolute Gasteiger partial charge is 0.262 e. The molecule has 0 fully saturated rings. The molecule has 1 aliphatic rings. The Kier molecular flexibility index (Phi) is 5.42. The molecular formula is C19H26N2O3. The molecule has 0 spiro atoms. The molecule has 3 amide bonds. The second kappa shape index (κ2) is 7.16. The lowest BCUT2D eigenvalue weighted by atomic mass is 10.1. The number of amides is 3. The summed E-state index contributed by atoms with van der Waals surface area (Å²) in [5.74, 6) is -0.299. The van der Waals surface area contributed by atoms with Gasteiger partial charge >= 0.3 is 0 Å². The first-order valence-corrected chi connectivity index (χ1v) is 8.49. The van der Waals surface area contributed by atoms with E-state index in [4.69, 9.17) is 0 Å². The van der Waals surface area contributed by atoms with Gasteiger partial charge in [0, 0.05) is 13.1 Å². The molecule has 2 rings (SSSR count). The number of rotatable bonds is 6. The third-order valence-corrected chi connectivity index (χ3v) is 4.05. The van der Waals surface area contributed by atoms with Crippen LogP contribution < -0.4 is 0 Å². The van der Waals surface area contributed by atoms with Gasteiger partial charge < -0.3 is 4.90 Å². The van der Waals surface area contributed by atoms with E-state index >= 15 is 0 Å². The molecule has 130 valence electrons. The summed E-state index contributed by atoms with van der Waals surface area (Å²) in [6.45, 7) is 11.1. The number of carbonyl (C=O) groups excluding carboxylic acids is 3. The fourth-order valence-electron chi connectivity index (χ4n) is 3.07. The second-order valence-electron chi connectivity index (χ2n) is 7.23. The van der Waals surface area contributed by atoms with Gasteiger partial charge in [0.05, 0.1) is 11.1 Å². The van der Waals surface area contributed by atoms with E-state index in [-0.39, 0.29) is 17.7 Å². The van der Waals surface area contributed by atoms with Crippen LogP contribution in [0.1, 0.15) is 55.3 Å². The van der Waals surface area contributed by atoms with Crippen LogP contribution in [0.2, 0.25) is 0 Å². The quantitative estimate of drug-likeness (QED) is 0.754.